The topological polar surface area (TPSA) is 72.4 Å². The molecule has 0 bridgehead atoms. The lowest BCUT2D eigenvalue weighted by molar-refractivity contribution is -0.115. The van der Waals surface area contributed by atoms with Crippen LogP contribution in [0.15, 0.2) is 53.5 Å². The van der Waals surface area contributed by atoms with Crippen LogP contribution in [0, 0.1) is 0 Å². The number of aromatic nitrogens is 1. The van der Waals surface area contributed by atoms with Crippen LogP contribution >= 0.6 is 0 Å². The molecule has 0 saturated carbocycles. The Morgan fingerprint density at radius 3 is 2.70 bits per heavy atom. The van der Waals surface area contributed by atoms with Gasteiger partial charge in [0, 0.05) is 19.9 Å². The van der Waals surface area contributed by atoms with E-state index in [0.29, 0.717) is 19.7 Å². The Bertz CT molecular complexity index is 683. The molecule has 0 aliphatic carbocycles. The van der Waals surface area contributed by atoms with Crippen LogP contribution in [0.3, 0.4) is 0 Å². The van der Waals surface area contributed by atoms with Crippen molar-refractivity contribution in [2.75, 3.05) is 32.1 Å². The number of rotatable bonds is 8. The Hall–Kier alpha value is -2.44. The summed E-state index contributed by atoms with van der Waals surface area (Å²) in [6.07, 6.45) is 1.71. The van der Waals surface area contributed by atoms with Gasteiger partial charge in [-0.15, -0.1) is 0 Å². The SMILES string of the molecule is COCCNCC(=O)Nc1cccn(Cc2ccccc2)c1=O. The lowest BCUT2D eigenvalue weighted by Gasteiger charge is -2.10. The molecular formula is C17H21N3O3. The molecule has 0 aliphatic rings. The third-order valence-corrected chi connectivity index (χ3v) is 3.26. The number of anilines is 1. The van der Waals surface area contributed by atoms with E-state index >= 15 is 0 Å². The molecule has 0 radical (unpaired) electrons. The summed E-state index contributed by atoms with van der Waals surface area (Å²) in [5.74, 6) is -0.254. The van der Waals surface area contributed by atoms with Crippen molar-refractivity contribution in [2.45, 2.75) is 6.54 Å². The van der Waals surface area contributed by atoms with Crippen molar-refractivity contribution in [2.24, 2.45) is 0 Å². The first-order valence-electron chi connectivity index (χ1n) is 7.43. The molecule has 0 unspecified atom stereocenters. The Labute approximate surface area is 135 Å². The number of amides is 1. The quantitative estimate of drug-likeness (QED) is 0.715. The monoisotopic (exact) mass is 315 g/mol. The van der Waals surface area contributed by atoms with Gasteiger partial charge in [0.15, 0.2) is 0 Å². The molecule has 2 aromatic rings. The van der Waals surface area contributed by atoms with Crippen LogP contribution in [0.4, 0.5) is 5.69 Å². The normalized spacial score (nSPS) is 10.5. The molecule has 6 nitrogen and oxygen atoms in total. The smallest absolute Gasteiger partial charge is 0.274 e. The average molecular weight is 315 g/mol. The standard InChI is InChI=1S/C17H21N3O3/c1-23-11-9-18-12-16(21)19-15-8-5-10-20(17(15)22)13-14-6-3-2-4-7-14/h2-8,10,18H,9,11-13H2,1H3,(H,19,21). The van der Waals surface area contributed by atoms with E-state index in [0.717, 1.165) is 5.56 Å². The number of hydrogen-bond acceptors (Lipinski definition) is 4. The number of benzene rings is 1. The first-order valence-corrected chi connectivity index (χ1v) is 7.43. The Kier molecular flexibility index (Phi) is 6.53. The van der Waals surface area contributed by atoms with Crippen molar-refractivity contribution in [1.29, 1.82) is 0 Å². The maximum Gasteiger partial charge on any atom is 0.274 e. The highest BCUT2D eigenvalue weighted by Crippen LogP contribution is 2.03. The van der Waals surface area contributed by atoms with E-state index < -0.39 is 0 Å². The van der Waals surface area contributed by atoms with E-state index in [1.807, 2.05) is 30.3 Å². The van der Waals surface area contributed by atoms with Crippen molar-refractivity contribution >= 4 is 11.6 Å². The number of nitrogens with one attached hydrogen (secondary N) is 2. The van der Waals surface area contributed by atoms with Gasteiger partial charge in [-0.2, -0.15) is 0 Å². The Morgan fingerprint density at radius 1 is 1.17 bits per heavy atom. The number of methoxy groups -OCH3 is 1. The van der Waals surface area contributed by atoms with Crippen molar-refractivity contribution in [1.82, 2.24) is 9.88 Å². The second kappa shape index (κ2) is 8.87. The number of carbonyl (C=O) groups excluding carboxylic acids is 1. The van der Waals surface area contributed by atoms with Gasteiger partial charge in [-0.1, -0.05) is 30.3 Å². The van der Waals surface area contributed by atoms with Gasteiger partial charge in [0.2, 0.25) is 5.91 Å². The Balaban J connectivity index is 1.99. The molecule has 6 heteroatoms. The van der Waals surface area contributed by atoms with Crippen LogP contribution in [0.2, 0.25) is 0 Å². The highest BCUT2D eigenvalue weighted by molar-refractivity contribution is 5.92. The lowest BCUT2D eigenvalue weighted by atomic mass is 10.2. The van der Waals surface area contributed by atoms with Gasteiger partial charge in [0.25, 0.3) is 5.56 Å². The summed E-state index contributed by atoms with van der Waals surface area (Å²) in [6, 6.07) is 13.1. The lowest BCUT2D eigenvalue weighted by Crippen LogP contribution is -2.33. The fourth-order valence-corrected chi connectivity index (χ4v) is 2.11. The fraction of sp³-hybridized carbons (Fsp3) is 0.294. The van der Waals surface area contributed by atoms with Crippen LogP contribution in [0.5, 0.6) is 0 Å². The molecule has 0 spiro atoms. The molecule has 1 aromatic carbocycles. The van der Waals surface area contributed by atoms with E-state index in [1.54, 1.807) is 30.0 Å². The predicted molar refractivity (Wildman–Crippen MR) is 89.6 cm³/mol. The minimum atomic E-state index is -0.254. The third-order valence-electron chi connectivity index (χ3n) is 3.26. The largest absolute Gasteiger partial charge is 0.383 e. The maximum absolute atomic E-state index is 12.4. The van der Waals surface area contributed by atoms with Crippen molar-refractivity contribution in [3.8, 4) is 0 Å². The highest BCUT2D eigenvalue weighted by Gasteiger charge is 2.07. The molecule has 1 heterocycles. The fourth-order valence-electron chi connectivity index (χ4n) is 2.11. The minimum absolute atomic E-state index is 0.135. The molecule has 1 aromatic heterocycles. The first kappa shape index (κ1) is 16.9. The summed E-state index contributed by atoms with van der Waals surface area (Å²) in [5, 5.41) is 5.57. The summed E-state index contributed by atoms with van der Waals surface area (Å²) >= 11 is 0. The minimum Gasteiger partial charge on any atom is -0.383 e. The van der Waals surface area contributed by atoms with Crippen molar-refractivity contribution in [3.63, 3.8) is 0 Å². The Morgan fingerprint density at radius 2 is 1.96 bits per heavy atom. The first-order chi connectivity index (χ1) is 11.2. The van der Waals surface area contributed by atoms with E-state index in [-0.39, 0.29) is 23.7 Å². The number of carbonyl (C=O) groups is 1. The van der Waals surface area contributed by atoms with Gasteiger partial charge in [0.1, 0.15) is 5.69 Å². The van der Waals surface area contributed by atoms with Crippen LogP contribution in [0.25, 0.3) is 0 Å². The van der Waals surface area contributed by atoms with Gasteiger partial charge in [-0.25, -0.2) is 0 Å². The summed E-state index contributed by atoms with van der Waals surface area (Å²) in [4.78, 5) is 24.2. The molecule has 0 fully saturated rings. The zero-order chi connectivity index (χ0) is 16.5. The second-order valence-corrected chi connectivity index (χ2v) is 5.06. The van der Waals surface area contributed by atoms with Crippen LogP contribution < -0.4 is 16.2 Å². The van der Waals surface area contributed by atoms with Gasteiger partial charge in [-0.3, -0.25) is 9.59 Å². The molecule has 2 N–H and O–H groups in total. The highest BCUT2D eigenvalue weighted by atomic mass is 16.5. The van der Waals surface area contributed by atoms with Gasteiger partial charge in [-0.05, 0) is 17.7 Å². The molecule has 0 aliphatic heterocycles. The van der Waals surface area contributed by atoms with Crippen molar-refractivity contribution < 1.29 is 9.53 Å². The predicted octanol–water partition coefficient (Wildman–Crippen LogP) is 1.07. The molecule has 1 amide bonds. The molecule has 0 saturated heterocycles. The van der Waals surface area contributed by atoms with Gasteiger partial charge >= 0.3 is 0 Å². The summed E-state index contributed by atoms with van der Waals surface area (Å²) in [5.41, 5.74) is 1.09. The van der Waals surface area contributed by atoms with E-state index in [1.165, 1.54) is 0 Å². The number of hydrogen-bond donors (Lipinski definition) is 2. The molecule has 0 atom stereocenters. The van der Waals surface area contributed by atoms with E-state index in [2.05, 4.69) is 10.6 Å². The maximum atomic E-state index is 12.4. The van der Waals surface area contributed by atoms with Gasteiger partial charge < -0.3 is 19.9 Å². The molecule has 23 heavy (non-hydrogen) atoms. The molecular weight excluding hydrogens is 294 g/mol. The number of nitrogens with zero attached hydrogens (tertiary/aromatic N) is 1. The summed E-state index contributed by atoms with van der Waals surface area (Å²) in [7, 11) is 1.60. The van der Waals surface area contributed by atoms with E-state index in [4.69, 9.17) is 4.74 Å². The molecule has 122 valence electrons. The van der Waals surface area contributed by atoms with Crippen LogP contribution in [-0.4, -0.2) is 37.3 Å². The van der Waals surface area contributed by atoms with Gasteiger partial charge in [0.05, 0.1) is 19.7 Å². The van der Waals surface area contributed by atoms with E-state index in [9.17, 15) is 9.59 Å². The van der Waals surface area contributed by atoms with Crippen LogP contribution in [0.1, 0.15) is 5.56 Å². The molecule has 2 rings (SSSR count). The zero-order valence-corrected chi connectivity index (χ0v) is 13.1. The third kappa shape index (κ3) is 5.36. The average Bonchev–Trinajstić information content (AvgIpc) is 2.56. The summed E-state index contributed by atoms with van der Waals surface area (Å²) in [6.45, 7) is 1.71. The summed E-state index contributed by atoms with van der Waals surface area (Å²) < 4.78 is 6.46. The van der Waals surface area contributed by atoms with Crippen molar-refractivity contribution in [3.05, 3.63) is 64.6 Å². The van der Waals surface area contributed by atoms with Crippen LogP contribution in [-0.2, 0) is 16.1 Å². The zero-order valence-electron chi connectivity index (χ0n) is 13.1. The number of ether oxygens (including phenoxy) is 1. The second-order valence-electron chi connectivity index (χ2n) is 5.06. The number of pyridine rings is 1.